The Bertz CT molecular complexity index is 707. The molecule has 0 atom stereocenters. The molecule has 1 aliphatic carbocycles. The van der Waals surface area contributed by atoms with Gasteiger partial charge in [-0.15, -0.1) is 0 Å². The number of aromatic nitrogens is 2. The lowest BCUT2D eigenvalue weighted by atomic mass is 10.00. The predicted molar refractivity (Wildman–Crippen MR) is 91.3 cm³/mol. The Hall–Kier alpha value is -2.34. The van der Waals surface area contributed by atoms with Crippen LogP contribution in [0.1, 0.15) is 25.7 Å². The van der Waals surface area contributed by atoms with Crippen molar-refractivity contribution in [1.29, 1.82) is 0 Å². The minimum atomic E-state index is -0.107. The quantitative estimate of drug-likeness (QED) is 0.923. The topological polar surface area (TPSA) is 59.4 Å². The van der Waals surface area contributed by atoms with Gasteiger partial charge in [0.15, 0.2) is 0 Å². The van der Waals surface area contributed by atoms with Gasteiger partial charge in [-0.1, -0.05) is 31.0 Å². The molecule has 2 fully saturated rings. The Kier molecular flexibility index (Phi) is 3.98. The van der Waals surface area contributed by atoms with Crippen molar-refractivity contribution in [3.8, 4) is 5.69 Å². The Balaban J connectivity index is 1.42. The summed E-state index contributed by atoms with van der Waals surface area (Å²) < 4.78 is 7.74. The van der Waals surface area contributed by atoms with Gasteiger partial charge >= 0.3 is 6.03 Å². The van der Waals surface area contributed by atoms with E-state index in [9.17, 15) is 4.79 Å². The van der Waals surface area contributed by atoms with E-state index in [4.69, 9.17) is 4.74 Å². The Morgan fingerprint density at radius 3 is 2.79 bits per heavy atom. The van der Waals surface area contributed by atoms with E-state index in [0.29, 0.717) is 25.4 Å². The van der Waals surface area contributed by atoms with Crippen LogP contribution in [0.5, 0.6) is 0 Å². The molecule has 2 amide bonds. The zero-order chi connectivity index (χ0) is 16.4. The third-order valence-electron chi connectivity index (χ3n) is 4.91. The number of hydrogen-bond donors (Lipinski definition) is 1. The number of carbonyl (C=O) groups is 1. The first kappa shape index (κ1) is 15.2. The number of para-hydroxylation sites is 1. The van der Waals surface area contributed by atoms with E-state index < -0.39 is 0 Å². The van der Waals surface area contributed by atoms with Crippen molar-refractivity contribution in [3.63, 3.8) is 0 Å². The molecule has 2 heterocycles. The third kappa shape index (κ3) is 3.01. The van der Waals surface area contributed by atoms with Gasteiger partial charge < -0.3 is 15.0 Å². The second kappa shape index (κ2) is 6.28. The number of urea groups is 1. The van der Waals surface area contributed by atoms with Crippen molar-refractivity contribution >= 4 is 11.7 Å². The number of anilines is 1. The molecule has 2 aliphatic rings. The van der Waals surface area contributed by atoms with E-state index in [1.54, 1.807) is 10.9 Å². The number of hydrogen-bond acceptors (Lipinski definition) is 3. The normalized spacial score (nSPS) is 19.6. The highest BCUT2D eigenvalue weighted by Gasteiger charge is 2.40. The van der Waals surface area contributed by atoms with Crippen LogP contribution in [0.4, 0.5) is 10.5 Å². The van der Waals surface area contributed by atoms with Gasteiger partial charge in [-0.25, -0.2) is 9.48 Å². The van der Waals surface area contributed by atoms with Gasteiger partial charge in [0.1, 0.15) is 0 Å². The largest absolute Gasteiger partial charge is 0.371 e. The van der Waals surface area contributed by atoms with Crippen molar-refractivity contribution in [3.05, 3.63) is 42.7 Å². The van der Waals surface area contributed by atoms with Crippen LogP contribution in [0.2, 0.25) is 0 Å². The van der Waals surface area contributed by atoms with Crippen LogP contribution in [-0.2, 0) is 4.74 Å². The molecule has 1 aliphatic heterocycles. The van der Waals surface area contributed by atoms with Gasteiger partial charge in [-0.05, 0) is 25.0 Å². The molecule has 0 bridgehead atoms. The van der Waals surface area contributed by atoms with Gasteiger partial charge in [-0.3, -0.25) is 0 Å². The van der Waals surface area contributed by atoms with Crippen LogP contribution < -0.4 is 5.32 Å². The second-order valence-electron chi connectivity index (χ2n) is 6.60. The average Bonchev–Trinajstić information content (AvgIpc) is 3.26. The second-order valence-corrected chi connectivity index (χ2v) is 6.60. The molecule has 2 aromatic rings. The van der Waals surface area contributed by atoms with Crippen molar-refractivity contribution in [2.75, 3.05) is 25.0 Å². The number of nitrogens with zero attached hydrogens (tertiary/aromatic N) is 3. The molecule has 1 spiro atoms. The van der Waals surface area contributed by atoms with E-state index in [1.165, 1.54) is 12.8 Å². The van der Waals surface area contributed by atoms with Crippen LogP contribution in [-0.4, -0.2) is 46.0 Å². The number of rotatable bonds is 2. The lowest BCUT2D eigenvalue weighted by Gasteiger charge is -2.40. The summed E-state index contributed by atoms with van der Waals surface area (Å²) in [7, 11) is 0. The maximum absolute atomic E-state index is 12.6. The summed E-state index contributed by atoms with van der Waals surface area (Å²) >= 11 is 0. The summed E-state index contributed by atoms with van der Waals surface area (Å²) in [6, 6.07) is 9.77. The molecule has 1 N–H and O–H groups in total. The zero-order valence-corrected chi connectivity index (χ0v) is 13.6. The summed E-state index contributed by atoms with van der Waals surface area (Å²) in [5.41, 5.74) is 1.56. The Morgan fingerprint density at radius 1 is 1.21 bits per heavy atom. The lowest BCUT2D eigenvalue weighted by Crippen LogP contribution is -2.53. The van der Waals surface area contributed by atoms with E-state index >= 15 is 0 Å². The molecular formula is C18H22N4O2. The van der Waals surface area contributed by atoms with Gasteiger partial charge in [-0.2, -0.15) is 5.10 Å². The maximum atomic E-state index is 12.6. The molecule has 4 rings (SSSR count). The minimum Gasteiger partial charge on any atom is -0.371 e. The van der Waals surface area contributed by atoms with E-state index in [1.807, 2.05) is 41.4 Å². The average molecular weight is 326 g/mol. The van der Waals surface area contributed by atoms with Gasteiger partial charge in [0.25, 0.3) is 0 Å². The number of benzene rings is 1. The number of carbonyl (C=O) groups excluding carboxylic acids is 1. The molecule has 1 saturated carbocycles. The fourth-order valence-electron chi connectivity index (χ4n) is 3.65. The first-order valence-electron chi connectivity index (χ1n) is 8.54. The molecule has 126 valence electrons. The maximum Gasteiger partial charge on any atom is 0.322 e. The lowest BCUT2D eigenvalue weighted by molar-refractivity contribution is -0.0914. The van der Waals surface area contributed by atoms with Gasteiger partial charge in [0, 0.05) is 6.54 Å². The van der Waals surface area contributed by atoms with Crippen LogP contribution in [0.25, 0.3) is 5.69 Å². The molecule has 0 radical (unpaired) electrons. The molecule has 6 heteroatoms. The van der Waals surface area contributed by atoms with E-state index in [-0.39, 0.29) is 11.6 Å². The van der Waals surface area contributed by atoms with Gasteiger partial charge in [0.2, 0.25) is 0 Å². The highest BCUT2D eigenvalue weighted by atomic mass is 16.5. The Labute approximate surface area is 141 Å². The monoisotopic (exact) mass is 326 g/mol. The molecule has 1 aromatic heterocycles. The van der Waals surface area contributed by atoms with E-state index in [2.05, 4.69) is 10.4 Å². The SMILES string of the molecule is O=C(Nc1cnn(-c2ccccc2)c1)N1CCOC2(CCCC2)C1. The van der Waals surface area contributed by atoms with E-state index in [0.717, 1.165) is 18.5 Å². The zero-order valence-electron chi connectivity index (χ0n) is 13.6. The molecule has 1 saturated heterocycles. The fraction of sp³-hybridized carbons (Fsp3) is 0.444. The van der Waals surface area contributed by atoms with Crippen LogP contribution in [0.3, 0.4) is 0 Å². The van der Waals surface area contributed by atoms with Gasteiger partial charge in [0.05, 0.1) is 42.5 Å². The van der Waals surface area contributed by atoms with Crippen molar-refractivity contribution in [1.82, 2.24) is 14.7 Å². The van der Waals surface area contributed by atoms with Crippen LogP contribution in [0.15, 0.2) is 42.7 Å². The molecular weight excluding hydrogens is 304 g/mol. The summed E-state index contributed by atoms with van der Waals surface area (Å²) in [6.45, 7) is 1.95. The highest BCUT2D eigenvalue weighted by molar-refractivity contribution is 5.89. The Morgan fingerprint density at radius 2 is 2.00 bits per heavy atom. The summed E-state index contributed by atoms with van der Waals surface area (Å²) in [5.74, 6) is 0. The first-order chi connectivity index (χ1) is 11.7. The third-order valence-corrected chi connectivity index (χ3v) is 4.91. The molecule has 24 heavy (non-hydrogen) atoms. The van der Waals surface area contributed by atoms with Crippen molar-refractivity contribution < 1.29 is 9.53 Å². The fourth-order valence-corrected chi connectivity index (χ4v) is 3.65. The summed E-state index contributed by atoms with van der Waals surface area (Å²) in [5, 5.41) is 7.27. The van der Waals surface area contributed by atoms with Crippen LogP contribution in [0, 0.1) is 0 Å². The summed E-state index contributed by atoms with van der Waals surface area (Å²) in [6.07, 6.45) is 8.01. The highest BCUT2D eigenvalue weighted by Crippen LogP contribution is 2.35. The molecule has 1 aromatic carbocycles. The number of morpholine rings is 1. The van der Waals surface area contributed by atoms with Crippen molar-refractivity contribution in [2.24, 2.45) is 0 Å². The first-order valence-corrected chi connectivity index (χ1v) is 8.54. The minimum absolute atomic E-state index is 0.0720. The van der Waals surface area contributed by atoms with Crippen molar-refractivity contribution in [2.45, 2.75) is 31.3 Å². The van der Waals surface area contributed by atoms with Crippen LogP contribution >= 0.6 is 0 Å². The summed E-state index contributed by atoms with van der Waals surface area (Å²) in [4.78, 5) is 14.4. The predicted octanol–water partition coefficient (Wildman–Crippen LogP) is 3.05. The smallest absolute Gasteiger partial charge is 0.322 e. The number of amides is 2. The number of ether oxygens (including phenoxy) is 1. The standard InChI is InChI=1S/C18H22N4O2/c23-17(21-10-11-24-18(14-21)8-4-5-9-18)20-15-12-19-22(13-15)16-6-2-1-3-7-16/h1-3,6-7,12-13H,4-5,8-11,14H2,(H,20,23). The molecule has 6 nitrogen and oxygen atoms in total. The molecule has 0 unspecified atom stereocenters. The number of nitrogens with one attached hydrogen (secondary N) is 1.